The number of carbonyl (C=O) groups excluding carboxylic acids is 2. The summed E-state index contributed by atoms with van der Waals surface area (Å²) in [6.45, 7) is 0.614. The number of anilines is 1. The van der Waals surface area contributed by atoms with Crippen molar-refractivity contribution in [3.8, 4) is 0 Å². The predicted octanol–water partition coefficient (Wildman–Crippen LogP) is 1.92. The molecule has 10 heteroatoms. The van der Waals surface area contributed by atoms with Crippen molar-refractivity contribution in [2.75, 3.05) is 25.5 Å². The number of rotatable bonds is 3. The van der Waals surface area contributed by atoms with E-state index in [1.807, 2.05) is 5.32 Å². The van der Waals surface area contributed by atoms with Crippen molar-refractivity contribution in [1.29, 1.82) is 0 Å². The molecule has 1 aliphatic rings. The second-order valence-electron chi connectivity index (χ2n) is 5.40. The van der Waals surface area contributed by atoms with Crippen LogP contribution in [0.1, 0.15) is 16.8 Å². The number of methoxy groups -OCH3 is 1. The van der Waals surface area contributed by atoms with Crippen LogP contribution in [0.3, 0.4) is 0 Å². The van der Waals surface area contributed by atoms with Crippen molar-refractivity contribution < 1.29 is 27.5 Å². The maximum atomic E-state index is 12.3. The third-order valence-corrected chi connectivity index (χ3v) is 3.99. The first kappa shape index (κ1) is 19.0. The molecule has 136 valence electrons. The maximum absolute atomic E-state index is 12.3. The zero-order valence-electron chi connectivity index (χ0n) is 13.2. The van der Waals surface area contributed by atoms with Crippen molar-refractivity contribution in [2.24, 2.45) is 0 Å². The van der Waals surface area contributed by atoms with Gasteiger partial charge < -0.3 is 20.3 Å². The number of benzene rings is 1. The molecule has 1 aromatic rings. The third-order valence-electron chi connectivity index (χ3n) is 3.63. The number of nitrogens with one attached hydrogen (secondary N) is 2. The van der Waals surface area contributed by atoms with Gasteiger partial charge >= 0.3 is 18.1 Å². The number of ether oxygens (including phenoxy) is 1. The molecule has 1 saturated heterocycles. The summed E-state index contributed by atoms with van der Waals surface area (Å²) in [5.74, 6) is -2.41. The zero-order chi connectivity index (χ0) is 18.6. The van der Waals surface area contributed by atoms with Gasteiger partial charge in [-0.2, -0.15) is 13.2 Å². The Hall–Kier alpha value is -2.36. The Morgan fingerprint density at radius 3 is 2.48 bits per heavy atom. The highest BCUT2D eigenvalue weighted by Gasteiger charge is 2.40. The van der Waals surface area contributed by atoms with E-state index in [0.717, 1.165) is 0 Å². The van der Waals surface area contributed by atoms with Crippen LogP contribution in [0, 0.1) is 0 Å². The molecule has 1 aliphatic heterocycles. The van der Waals surface area contributed by atoms with Crippen LogP contribution < -0.4 is 10.6 Å². The van der Waals surface area contributed by atoms with Gasteiger partial charge in [-0.25, -0.2) is 4.79 Å². The molecule has 2 rings (SSSR count). The van der Waals surface area contributed by atoms with Gasteiger partial charge in [-0.05, 0) is 42.9 Å². The molecule has 1 unspecified atom stereocenters. The molecule has 1 amide bonds. The van der Waals surface area contributed by atoms with E-state index in [1.165, 1.54) is 7.11 Å². The monoisotopic (exact) mass is 375 g/mol. The summed E-state index contributed by atoms with van der Waals surface area (Å²) < 4.78 is 41.4. The molecule has 0 aromatic heterocycles. The van der Waals surface area contributed by atoms with E-state index < -0.39 is 24.1 Å². The second kappa shape index (κ2) is 7.68. The molecule has 1 fully saturated rings. The molecule has 1 atom stereocenters. The fourth-order valence-corrected chi connectivity index (χ4v) is 2.62. The van der Waals surface area contributed by atoms with Crippen molar-refractivity contribution in [2.45, 2.75) is 18.6 Å². The highest BCUT2D eigenvalue weighted by molar-refractivity contribution is 7.80. The quantitative estimate of drug-likeness (QED) is 0.621. The highest BCUT2D eigenvalue weighted by Crippen LogP contribution is 2.18. The molecule has 6 nitrogen and oxygen atoms in total. The Bertz CT molecular complexity index is 664. The van der Waals surface area contributed by atoms with Crippen LogP contribution in [0.2, 0.25) is 0 Å². The Morgan fingerprint density at radius 1 is 1.28 bits per heavy atom. The highest BCUT2D eigenvalue weighted by atomic mass is 32.1. The predicted molar refractivity (Wildman–Crippen MR) is 88.2 cm³/mol. The molecule has 0 aliphatic carbocycles. The van der Waals surface area contributed by atoms with Crippen molar-refractivity contribution in [3.05, 3.63) is 29.8 Å². The molecule has 1 heterocycles. The van der Waals surface area contributed by atoms with Crippen molar-refractivity contribution in [1.82, 2.24) is 10.2 Å². The van der Waals surface area contributed by atoms with Crippen molar-refractivity contribution >= 4 is 34.9 Å². The van der Waals surface area contributed by atoms with Crippen LogP contribution in [0.4, 0.5) is 18.9 Å². The molecule has 2 N–H and O–H groups in total. The van der Waals surface area contributed by atoms with Gasteiger partial charge in [0, 0.05) is 24.8 Å². The Kier molecular flexibility index (Phi) is 5.83. The summed E-state index contributed by atoms with van der Waals surface area (Å²) in [7, 11) is 1.28. The minimum atomic E-state index is -4.90. The molecule has 0 spiro atoms. The van der Waals surface area contributed by atoms with Crippen LogP contribution in [-0.2, 0) is 9.53 Å². The summed E-state index contributed by atoms with van der Waals surface area (Å²) in [6, 6.07) is 5.78. The maximum Gasteiger partial charge on any atom is 0.471 e. The van der Waals surface area contributed by atoms with Gasteiger partial charge in [0.05, 0.1) is 12.7 Å². The van der Waals surface area contributed by atoms with E-state index in [9.17, 15) is 22.8 Å². The van der Waals surface area contributed by atoms with E-state index in [4.69, 9.17) is 12.2 Å². The number of esters is 1. The number of carbonyl (C=O) groups is 2. The summed E-state index contributed by atoms with van der Waals surface area (Å²) >= 11 is 5.23. The lowest BCUT2D eigenvalue weighted by Gasteiger charge is -2.21. The van der Waals surface area contributed by atoms with E-state index in [2.05, 4.69) is 10.1 Å². The lowest BCUT2D eigenvalue weighted by Crippen LogP contribution is -2.45. The standard InChI is InChI=1S/C15H16F3N3O3S/c1-24-12(22)9-2-4-10(5-3-9)20-14(25)21-7-6-11(8-21)19-13(23)15(16,17)18/h2-5,11H,6-8H2,1H3,(H,19,23)(H,20,25). The largest absolute Gasteiger partial charge is 0.471 e. The van der Waals surface area contributed by atoms with Gasteiger partial charge in [0.1, 0.15) is 0 Å². The molecule has 25 heavy (non-hydrogen) atoms. The normalized spacial score (nSPS) is 17.1. The number of amides is 1. The van der Waals surface area contributed by atoms with Gasteiger partial charge in [-0.1, -0.05) is 0 Å². The van der Waals surface area contributed by atoms with Crippen molar-refractivity contribution in [3.63, 3.8) is 0 Å². The van der Waals surface area contributed by atoms with Gasteiger partial charge in [-0.3, -0.25) is 4.79 Å². The zero-order valence-corrected chi connectivity index (χ0v) is 14.0. The first-order chi connectivity index (χ1) is 11.7. The first-order valence-corrected chi connectivity index (χ1v) is 7.73. The summed E-state index contributed by atoms with van der Waals surface area (Å²) in [4.78, 5) is 24.0. The number of likely N-dealkylation sites (tertiary alicyclic amines) is 1. The molecular formula is C15H16F3N3O3S. The van der Waals surface area contributed by atoms with Crippen LogP contribution in [0.25, 0.3) is 0 Å². The Morgan fingerprint density at radius 2 is 1.92 bits per heavy atom. The number of hydrogen-bond donors (Lipinski definition) is 2. The van der Waals surface area contributed by atoms with E-state index in [-0.39, 0.29) is 6.54 Å². The lowest BCUT2D eigenvalue weighted by atomic mass is 10.2. The molecular weight excluding hydrogens is 359 g/mol. The van der Waals surface area contributed by atoms with Gasteiger partial charge in [0.2, 0.25) is 0 Å². The molecule has 0 bridgehead atoms. The topological polar surface area (TPSA) is 70.7 Å². The number of nitrogens with zero attached hydrogens (tertiary/aromatic N) is 1. The smallest absolute Gasteiger partial charge is 0.465 e. The number of thiocarbonyl (C=S) groups is 1. The first-order valence-electron chi connectivity index (χ1n) is 7.32. The van der Waals surface area contributed by atoms with Gasteiger partial charge in [-0.15, -0.1) is 0 Å². The summed E-state index contributed by atoms with van der Waals surface area (Å²) in [5, 5.41) is 5.22. The second-order valence-corrected chi connectivity index (χ2v) is 5.79. The van der Waals surface area contributed by atoms with E-state index in [0.29, 0.717) is 29.3 Å². The molecule has 0 radical (unpaired) electrons. The van der Waals surface area contributed by atoms with E-state index >= 15 is 0 Å². The van der Waals surface area contributed by atoms with Crippen LogP contribution in [0.5, 0.6) is 0 Å². The van der Waals surface area contributed by atoms with Crippen LogP contribution in [0.15, 0.2) is 24.3 Å². The molecule has 0 saturated carbocycles. The minimum absolute atomic E-state index is 0.188. The van der Waals surface area contributed by atoms with E-state index in [1.54, 1.807) is 29.2 Å². The number of halogens is 3. The average molecular weight is 375 g/mol. The lowest BCUT2D eigenvalue weighted by molar-refractivity contribution is -0.174. The van der Waals surface area contributed by atoms with Gasteiger partial charge in [0.15, 0.2) is 5.11 Å². The fourth-order valence-electron chi connectivity index (χ4n) is 2.34. The molecule has 1 aromatic carbocycles. The Balaban J connectivity index is 1.88. The Labute approximate surface area is 147 Å². The summed E-state index contributed by atoms with van der Waals surface area (Å²) in [5.41, 5.74) is 1.01. The summed E-state index contributed by atoms with van der Waals surface area (Å²) in [6.07, 6.45) is -4.53. The third kappa shape index (κ3) is 5.05. The average Bonchev–Trinajstić information content (AvgIpc) is 3.02. The SMILES string of the molecule is COC(=O)c1ccc(NC(=S)N2CCC(NC(=O)C(F)(F)F)C2)cc1. The number of hydrogen-bond acceptors (Lipinski definition) is 4. The number of alkyl halides is 3. The fraction of sp³-hybridized carbons (Fsp3) is 0.400. The van der Waals surface area contributed by atoms with Crippen LogP contribution in [-0.4, -0.2) is 54.3 Å². The minimum Gasteiger partial charge on any atom is -0.465 e. The van der Waals surface area contributed by atoms with Crippen LogP contribution >= 0.6 is 12.2 Å². The van der Waals surface area contributed by atoms with Gasteiger partial charge in [0.25, 0.3) is 0 Å².